The van der Waals surface area contributed by atoms with E-state index in [-0.39, 0.29) is 31.5 Å². The number of unbranched alkanes of at least 4 members (excludes halogenated alkanes) is 22. The average Bonchev–Trinajstić information content (AvgIpc) is 3.29. The second kappa shape index (κ2) is 47.8. The molecule has 0 saturated heterocycles. The number of phosphoric acid groups is 1. The Morgan fingerprint density at radius 2 is 1.01 bits per heavy atom. The number of rotatable bonds is 48. The van der Waals surface area contributed by atoms with Crippen LogP contribution in [-0.2, 0) is 27.9 Å². The number of phosphoric ester groups is 1. The second-order valence-corrected chi connectivity index (χ2v) is 20.9. The molecular weight excluding hydrogens is 868 g/mol. The molecule has 0 heterocycles. The Morgan fingerprint density at radius 1 is 0.544 bits per heavy atom. The number of carbonyl (C=O) groups is 2. The lowest BCUT2D eigenvalue weighted by atomic mass is 10.0. The van der Waals surface area contributed by atoms with Crippen LogP contribution < -0.4 is 5.32 Å². The molecule has 0 aromatic heterocycles. The average molecular weight is 972 g/mol. The SMILES string of the molecule is CC/C=C/C=C/C=C/CCCCCCCCCC(=O)OC(/C=C/CCCCCCCCCCCCC)C(COP(=O)(O)OCC[N+](C)(C)C)NC(=O)CCCCCC/C=C/C/C=C/C/C=C/CC. The molecule has 0 aromatic rings. The van der Waals surface area contributed by atoms with Gasteiger partial charge in [0.25, 0.3) is 0 Å². The Labute approximate surface area is 418 Å². The van der Waals surface area contributed by atoms with Crippen LogP contribution in [-0.4, -0.2) is 74.3 Å². The van der Waals surface area contributed by atoms with Gasteiger partial charge < -0.3 is 19.4 Å². The molecule has 10 heteroatoms. The van der Waals surface area contributed by atoms with Crippen molar-refractivity contribution in [2.75, 3.05) is 40.9 Å². The highest BCUT2D eigenvalue weighted by Gasteiger charge is 2.30. The third-order valence-corrected chi connectivity index (χ3v) is 12.6. The zero-order valence-electron chi connectivity index (χ0n) is 44.6. The third kappa shape index (κ3) is 48.2. The summed E-state index contributed by atoms with van der Waals surface area (Å²) in [5.74, 6) is -0.550. The van der Waals surface area contributed by atoms with Gasteiger partial charge in [-0.25, -0.2) is 4.57 Å². The fourth-order valence-corrected chi connectivity index (χ4v) is 8.16. The largest absolute Gasteiger partial charge is 0.472 e. The quantitative estimate of drug-likeness (QED) is 0.0156. The van der Waals surface area contributed by atoms with Crippen LogP contribution in [0.1, 0.15) is 220 Å². The molecule has 1 amide bonds. The van der Waals surface area contributed by atoms with E-state index in [1.165, 1.54) is 77.0 Å². The predicted molar refractivity (Wildman–Crippen MR) is 291 cm³/mol. The third-order valence-electron chi connectivity index (χ3n) is 11.6. The predicted octanol–water partition coefficient (Wildman–Crippen LogP) is 16.3. The summed E-state index contributed by atoms with van der Waals surface area (Å²) in [5, 5.41) is 3.03. The number of allylic oxidation sites excluding steroid dienone is 13. The highest BCUT2D eigenvalue weighted by molar-refractivity contribution is 7.47. The minimum Gasteiger partial charge on any atom is -0.456 e. The molecule has 0 aromatic carbocycles. The van der Waals surface area contributed by atoms with Gasteiger partial charge in [-0.1, -0.05) is 209 Å². The standard InChI is InChI=1S/C58H103N2O7P/c1-7-10-13-16-19-22-25-28-30-33-36-39-42-45-48-51-58(62)67-56(49-46-43-40-37-34-31-27-24-21-18-15-12-9-3)55(54-66-68(63,64)65-53-52-60(4,5)6)59-57(61)50-47-44-41-38-35-32-29-26-23-20-17-14-11-8-2/h10-11,13-14,16,19-20,22-23,25,29,32,46,49,55-56H,7-9,12,15,17-18,21,24,26-28,30-31,33-45,47-48,50-54H2,1-6H3,(H-,59,61,63,64)/p+1/b13-10+,14-11+,19-16+,23-20+,25-22+,32-29+,49-46+. The summed E-state index contributed by atoms with van der Waals surface area (Å²) in [7, 11) is 1.46. The fourth-order valence-electron chi connectivity index (χ4n) is 7.42. The van der Waals surface area contributed by atoms with Crippen LogP contribution in [0.4, 0.5) is 0 Å². The minimum atomic E-state index is -4.45. The lowest BCUT2D eigenvalue weighted by Crippen LogP contribution is -2.47. The zero-order chi connectivity index (χ0) is 50.1. The molecule has 68 heavy (non-hydrogen) atoms. The number of ether oxygens (including phenoxy) is 1. The van der Waals surface area contributed by atoms with E-state index in [0.29, 0.717) is 17.4 Å². The molecule has 3 unspecified atom stereocenters. The maximum atomic E-state index is 13.5. The van der Waals surface area contributed by atoms with Crippen LogP contribution in [0.5, 0.6) is 0 Å². The first-order valence-corrected chi connectivity index (χ1v) is 28.9. The number of nitrogens with zero attached hydrogens (tertiary/aromatic N) is 1. The molecule has 0 saturated carbocycles. The fraction of sp³-hybridized carbons (Fsp3) is 0.724. The molecule has 0 aliphatic rings. The summed E-state index contributed by atoms with van der Waals surface area (Å²) in [6, 6.07) is -0.867. The highest BCUT2D eigenvalue weighted by Crippen LogP contribution is 2.43. The highest BCUT2D eigenvalue weighted by atomic mass is 31.2. The van der Waals surface area contributed by atoms with E-state index in [1.807, 2.05) is 33.3 Å². The molecule has 0 bridgehead atoms. The monoisotopic (exact) mass is 972 g/mol. The lowest BCUT2D eigenvalue weighted by Gasteiger charge is -2.27. The van der Waals surface area contributed by atoms with Crippen molar-refractivity contribution in [3.8, 4) is 0 Å². The van der Waals surface area contributed by atoms with Crippen molar-refractivity contribution in [3.05, 3.63) is 85.1 Å². The van der Waals surface area contributed by atoms with Gasteiger partial charge in [0.05, 0.1) is 33.8 Å². The van der Waals surface area contributed by atoms with E-state index in [9.17, 15) is 19.0 Å². The summed E-state index contributed by atoms with van der Waals surface area (Å²) < 4.78 is 30.5. The van der Waals surface area contributed by atoms with Gasteiger partial charge in [-0.15, -0.1) is 0 Å². The van der Waals surface area contributed by atoms with Crippen molar-refractivity contribution in [1.82, 2.24) is 5.32 Å². The Bertz CT molecular complexity index is 1440. The number of amides is 1. The molecule has 3 atom stereocenters. The number of carbonyl (C=O) groups excluding carboxylic acids is 2. The van der Waals surface area contributed by atoms with Crippen LogP contribution in [0, 0.1) is 0 Å². The smallest absolute Gasteiger partial charge is 0.456 e. The molecule has 0 spiro atoms. The Morgan fingerprint density at radius 3 is 1.57 bits per heavy atom. The van der Waals surface area contributed by atoms with Gasteiger partial charge in [-0.2, -0.15) is 0 Å². The van der Waals surface area contributed by atoms with E-state index in [4.69, 9.17) is 13.8 Å². The number of hydrogen-bond donors (Lipinski definition) is 2. The van der Waals surface area contributed by atoms with Crippen molar-refractivity contribution in [1.29, 1.82) is 0 Å². The summed E-state index contributed by atoms with van der Waals surface area (Å²) in [6.45, 7) is 6.72. The van der Waals surface area contributed by atoms with Gasteiger partial charge in [-0.3, -0.25) is 18.6 Å². The number of esters is 1. The molecule has 0 fully saturated rings. The topological polar surface area (TPSA) is 111 Å². The number of hydrogen-bond acceptors (Lipinski definition) is 6. The molecule has 0 aliphatic heterocycles. The van der Waals surface area contributed by atoms with Gasteiger partial charge in [0.15, 0.2) is 0 Å². The number of quaternary nitrogens is 1. The van der Waals surface area contributed by atoms with E-state index in [1.54, 1.807) is 0 Å². The van der Waals surface area contributed by atoms with Crippen LogP contribution in [0.15, 0.2) is 85.1 Å². The Hall–Kier alpha value is -2.81. The first-order valence-electron chi connectivity index (χ1n) is 27.4. The minimum absolute atomic E-state index is 0.0297. The first-order chi connectivity index (χ1) is 32.9. The molecule has 9 nitrogen and oxygen atoms in total. The van der Waals surface area contributed by atoms with E-state index < -0.39 is 20.0 Å². The molecular formula is C58H104N2O7P+. The number of nitrogens with one attached hydrogen (secondary N) is 1. The summed E-state index contributed by atoms with van der Waals surface area (Å²) in [6.07, 6.45) is 61.5. The molecule has 2 N–H and O–H groups in total. The van der Waals surface area contributed by atoms with Gasteiger partial charge in [0.1, 0.15) is 19.3 Å². The van der Waals surface area contributed by atoms with Gasteiger partial charge in [-0.05, 0) is 83.1 Å². The van der Waals surface area contributed by atoms with Crippen molar-refractivity contribution >= 4 is 19.7 Å². The van der Waals surface area contributed by atoms with Crippen molar-refractivity contribution in [2.45, 2.75) is 232 Å². The molecule has 392 valence electrons. The summed E-state index contributed by atoms with van der Waals surface area (Å²) >= 11 is 0. The van der Waals surface area contributed by atoms with Crippen LogP contribution in [0.2, 0.25) is 0 Å². The van der Waals surface area contributed by atoms with Gasteiger partial charge >= 0.3 is 13.8 Å². The van der Waals surface area contributed by atoms with Gasteiger partial charge in [0.2, 0.25) is 5.91 Å². The summed E-state index contributed by atoms with van der Waals surface area (Å²) in [4.78, 5) is 37.5. The van der Waals surface area contributed by atoms with Gasteiger partial charge in [0, 0.05) is 12.8 Å². The lowest BCUT2D eigenvalue weighted by molar-refractivity contribution is -0.870. The normalized spacial score (nSPS) is 14.5. The summed E-state index contributed by atoms with van der Waals surface area (Å²) in [5.41, 5.74) is 0. The van der Waals surface area contributed by atoms with Crippen LogP contribution in [0.25, 0.3) is 0 Å². The maximum absolute atomic E-state index is 13.5. The second-order valence-electron chi connectivity index (χ2n) is 19.4. The van der Waals surface area contributed by atoms with Crippen LogP contribution >= 0.6 is 7.82 Å². The molecule has 0 aliphatic carbocycles. The van der Waals surface area contributed by atoms with E-state index in [2.05, 4.69) is 99.0 Å². The first kappa shape index (κ1) is 65.2. The van der Waals surface area contributed by atoms with E-state index in [0.717, 1.165) is 109 Å². The Kier molecular flexibility index (Phi) is 45.9. The maximum Gasteiger partial charge on any atom is 0.472 e. The zero-order valence-corrected chi connectivity index (χ0v) is 45.5. The van der Waals surface area contributed by atoms with Crippen molar-refractivity contribution < 1.29 is 37.3 Å². The molecule has 0 radical (unpaired) electrons. The molecule has 0 rings (SSSR count). The van der Waals surface area contributed by atoms with Crippen molar-refractivity contribution in [3.63, 3.8) is 0 Å². The van der Waals surface area contributed by atoms with E-state index >= 15 is 0 Å². The number of likely N-dealkylation sites (N-methyl/N-ethyl adjacent to an activating group) is 1. The van der Waals surface area contributed by atoms with Crippen molar-refractivity contribution in [2.24, 2.45) is 0 Å². The van der Waals surface area contributed by atoms with Crippen LogP contribution in [0.3, 0.4) is 0 Å². The Balaban J connectivity index is 5.47.